The van der Waals surface area contributed by atoms with Gasteiger partial charge in [0.05, 0.1) is 33.9 Å². The van der Waals surface area contributed by atoms with E-state index in [0.29, 0.717) is 48.8 Å². The zero-order valence-electron chi connectivity index (χ0n) is 25.2. The number of nitro groups is 1. The molecule has 14 heteroatoms. The number of amides is 1. The molecule has 0 fully saturated rings. The van der Waals surface area contributed by atoms with Gasteiger partial charge in [-0.3, -0.25) is 29.1 Å². The average molecular weight is 667 g/mol. The number of fused-ring (bicyclic) bond motifs is 1. The van der Waals surface area contributed by atoms with Crippen LogP contribution in [0.5, 0.6) is 5.75 Å². The number of aromatic nitrogens is 3. The molecule has 1 atom stereocenters. The maximum absolute atomic E-state index is 14.3. The molecule has 2 N–H and O–H groups in total. The highest BCUT2D eigenvalue weighted by Crippen LogP contribution is 2.33. The number of ether oxygens (including phenoxy) is 1. The van der Waals surface area contributed by atoms with Crippen molar-refractivity contribution in [3.05, 3.63) is 147 Å². The van der Waals surface area contributed by atoms with Gasteiger partial charge in [0.1, 0.15) is 5.75 Å². The van der Waals surface area contributed by atoms with Gasteiger partial charge in [-0.05, 0) is 61.4 Å². The second kappa shape index (κ2) is 13.0. The molecule has 0 unspecified atom stereocenters. The number of aryl methyl sites for hydroxylation is 1. The van der Waals surface area contributed by atoms with Gasteiger partial charge in [0.2, 0.25) is 0 Å². The number of para-hydroxylation sites is 1. The average Bonchev–Trinajstić information content (AvgIpc) is 3.34. The van der Waals surface area contributed by atoms with Crippen molar-refractivity contribution < 1.29 is 14.5 Å². The molecule has 236 valence electrons. The molecule has 1 aliphatic rings. The highest BCUT2D eigenvalue weighted by Gasteiger charge is 2.33. The summed E-state index contributed by atoms with van der Waals surface area (Å²) in [4.78, 5) is 63.9. The Morgan fingerprint density at radius 2 is 1.87 bits per heavy atom. The van der Waals surface area contributed by atoms with Gasteiger partial charge in [-0.25, -0.2) is 9.98 Å². The summed E-state index contributed by atoms with van der Waals surface area (Å²) in [5.74, 6) is 0.125. The van der Waals surface area contributed by atoms with Crippen LogP contribution in [0.25, 0.3) is 6.08 Å². The second-order valence-electron chi connectivity index (χ2n) is 10.5. The number of methoxy groups -OCH3 is 1. The maximum atomic E-state index is 14.3. The summed E-state index contributed by atoms with van der Waals surface area (Å²) in [5.41, 5.74) is 1.85. The zero-order valence-corrected chi connectivity index (χ0v) is 26.8. The Morgan fingerprint density at radius 1 is 1.09 bits per heavy atom. The second-order valence-corrected chi connectivity index (χ2v) is 12.5. The molecule has 0 spiro atoms. The Hall–Kier alpha value is -5.60. The van der Waals surface area contributed by atoms with Crippen molar-refractivity contribution in [1.29, 1.82) is 0 Å². The van der Waals surface area contributed by atoms with Crippen molar-refractivity contribution in [3.8, 4) is 5.75 Å². The molecule has 47 heavy (non-hydrogen) atoms. The number of benzene rings is 3. The molecule has 12 nitrogen and oxygen atoms in total. The number of rotatable bonds is 8. The number of carbonyl (C=O) groups excluding carboxylic acids is 1. The van der Waals surface area contributed by atoms with Gasteiger partial charge < -0.3 is 15.0 Å². The van der Waals surface area contributed by atoms with Crippen LogP contribution in [0.1, 0.15) is 29.8 Å². The Kier molecular flexibility index (Phi) is 8.70. The monoisotopic (exact) mass is 666 g/mol. The van der Waals surface area contributed by atoms with Crippen molar-refractivity contribution in [2.24, 2.45) is 4.99 Å². The van der Waals surface area contributed by atoms with Gasteiger partial charge in [-0.15, -0.1) is 0 Å². The van der Waals surface area contributed by atoms with E-state index in [1.807, 2.05) is 12.1 Å². The Balaban J connectivity index is 1.52. The number of non-ortho nitro benzene ring substituents is 1. The number of allylic oxidation sites excluding steroid dienone is 1. The van der Waals surface area contributed by atoms with Gasteiger partial charge in [0.15, 0.2) is 9.96 Å². The zero-order chi connectivity index (χ0) is 33.2. The van der Waals surface area contributed by atoms with Crippen molar-refractivity contribution in [2.75, 3.05) is 12.4 Å². The summed E-state index contributed by atoms with van der Waals surface area (Å²) in [6.07, 6.45) is 1.55. The van der Waals surface area contributed by atoms with Gasteiger partial charge in [0, 0.05) is 34.5 Å². The minimum absolute atomic E-state index is 0.177. The smallest absolute Gasteiger partial charge is 0.271 e. The topological polar surface area (TPSA) is 162 Å². The molecule has 0 aliphatic carbocycles. The van der Waals surface area contributed by atoms with E-state index < -0.39 is 22.4 Å². The van der Waals surface area contributed by atoms with Crippen molar-refractivity contribution >= 4 is 46.5 Å². The number of carbonyl (C=O) groups is 1. The first-order chi connectivity index (χ1) is 22.6. The number of hydrogen-bond acceptors (Lipinski definition) is 10. The predicted molar refractivity (Wildman–Crippen MR) is 179 cm³/mol. The fourth-order valence-electron chi connectivity index (χ4n) is 5.16. The van der Waals surface area contributed by atoms with E-state index in [2.05, 4.69) is 20.3 Å². The standard InChI is InChI=1S/C33H26N6O6S2/c1-18-14-27(40)37-32(34-18)46-25-13-12-23(39(43)44)15-21(25)17-26-31(42)38-29(20-8-7-11-24(16-20)45-3)28(19(2)35-33(38)47-26)30(41)36-22-9-5-4-6-10-22/h4-17,29H,1-3H3,(H,36,41)(H,34,37,40)/b26-17+/t29-/m1/s1. The van der Waals surface area contributed by atoms with E-state index in [1.165, 1.54) is 29.9 Å². The van der Waals surface area contributed by atoms with Crippen molar-refractivity contribution in [2.45, 2.75) is 29.9 Å². The third kappa shape index (κ3) is 6.55. The van der Waals surface area contributed by atoms with Crippen LogP contribution in [0, 0.1) is 17.0 Å². The third-order valence-corrected chi connectivity index (χ3v) is 9.21. The van der Waals surface area contributed by atoms with E-state index in [9.17, 15) is 24.5 Å². The highest BCUT2D eigenvalue weighted by molar-refractivity contribution is 7.99. The molecule has 5 aromatic rings. The van der Waals surface area contributed by atoms with Crippen LogP contribution in [0.2, 0.25) is 0 Å². The summed E-state index contributed by atoms with van der Waals surface area (Å²) in [6.45, 7) is 3.40. The third-order valence-electron chi connectivity index (χ3n) is 7.25. The summed E-state index contributed by atoms with van der Waals surface area (Å²) in [5, 5.41) is 14.9. The van der Waals surface area contributed by atoms with Crippen molar-refractivity contribution in [1.82, 2.24) is 14.5 Å². The van der Waals surface area contributed by atoms with Crippen molar-refractivity contribution in [3.63, 3.8) is 0 Å². The van der Waals surface area contributed by atoms with Crippen LogP contribution in [-0.2, 0) is 4.79 Å². The number of nitro benzene ring substituents is 1. The first-order valence-corrected chi connectivity index (χ1v) is 15.8. The number of aromatic amines is 1. The van der Waals surface area contributed by atoms with E-state index in [4.69, 9.17) is 4.74 Å². The first-order valence-electron chi connectivity index (χ1n) is 14.2. The summed E-state index contributed by atoms with van der Waals surface area (Å²) in [7, 11) is 1.53. The van der Waals surface area contributed by atoms with Crippen LogP contribution < -0.4 is 30.5 Å². The van der Waals surface area contributed by atoms with E-state index >= 15 is 0 Å². The fourth-order valence-corrected chi connectivity index (χ4v) is 7.12. The van der Waals surface area contributed by atoms with Crippen LogP contribution in [-0.4, -0.2) is 32.5 Å². The Labute approximate surface area is 275 Å². The fraction of sp³-hybridized carbons (Fsp3) is 0.121. The lowest BCUT2D eigenvalue weighted by Gasteiger charge is -2.25. The van der Waals surface area contributed by atoms with E-state index in [0.717, 1.165) is 23.1 Å². The SMILES string of the molecule is COc1cccc([C@@H]2C(C(=O)Nc3ccccc3)=C(C)N=c3s/c(=C/c4cc([N+](=O)[O-])ccc4Sc4nc(C)cc(=O)[nH]4)c(=O)n32)c1. The molecular formula is C33H26N6O6S2. The molecule has 3 aromatic carbocycles. The van der Waals surface area contributed by atoms with Crippen LogP contribution in [0.4, 0.5) is 11.4 Å². The van der Waals surface area contributed by atoms with Gasteiger partial charge in [-0.1, -0.05) is 53.4 Å². The number of anilines is 1. The molecule has 3 heterocycles. The number of thiazole rings is 1. The van der Waals surface area contributed by atoms with Crippen LogP contribution in [0.3, 0.4) is 0 Å². The molecule has 6 rings (SSSR count). The summed E-state index contributed by atoms with van der Waals surface area (Å²) < 4.78 is 7.16. The lowest BCUT2D eigenvalue weighted by Crippen LogP contribution is -2.40. The van der Waals surface area contributed by atoms with E-state index in [1.54, 1.807) is 68.5 Å². The molecule has 0 radical (unpaired) electrons. The first kappa shape index (κ1) is 31.4. The lowest BCUT2D eigenvalue weighted by molar-refractivity contribution is -0.384. The van der Waals surface area contributed by atoms with Gasteiger partial charge in [0.25, 0.3) is 22.7 Å². The molecule has 1 aliphatic heterocycles. The van der Waals surface area contributed by atoms with Gasteiger partial charge in [-0.2, -0.15) is 0 Å². The van der Waals surface area contributed by atoms with Crippen LogP contribution >= 0.6 is 23.1 Å². The number of hydrogen-bond donors (Lipinski definition) is 2. The molecule has 0 saturated carbocycles. The molecule has 0 bridgehead atoms. The number of nitrogens with zero attached hydrogens (tertiary/aromatic N) is 4. The molecule has 0 saturated heterocycles. The molecule has 2 aromatic heterocycles. The highest BCUT2D eigenvalue weighted by atomic mass is 32.2. The largest absolute Gasteiger partial charge is 0.497 e. The lowest BCUT2D eigenvalue weighted by atomic mass is 9.95. The predicted octanol–water partition coefficient (Wildman–Crippen LogP) is 4.33. The molecule has 1 amide bonds. The minimum atomic E-state index is -0.854. The summed E-state index contributed by atoms with van der Waals surface area (Å²) >= 11 is 2.21. The number of nitrogens with one attached hydrogen (secondary N) is 2. The quantitative estimate of drug-likeness (QED) is 0.141. The van der Waals surface area contributed by atoms with Crippen LogP contribution in [0.15, 0.2) is 115 Å². The van der Waals surface area contributed by atoms with E-state index in [-0.39, 0.29) is 21.4 Å². The van der Waals surface area contributed by atoms with Gasteiger partial charge >= 0.3 is 0 Å². The maximum Gasteiger partial charge on any atom is 0.271 e. The molecular weight excluding hydrogens is 641 g/mol. The Bertz CT molecular complexity index is 2330. The summed E-state index contributed by atoms with van der Waals surface area (Å²) in [6, 6.07) is 20.9. The minimum Gasteiger partial charge on any atom is -0.497 e. The number of H-pyrrole nitrogens is 1. The Morgan fingerprint density at radius 3 is 2.60 bits per heavy atom. The normalized spacial score (nSPS) is 14.4.